The number of amides is 1. The molecule has 4 nitrogen and oxygen atoms in total. The van der Waals surface area contributed by atoms with Crippen molar-refractivity contribution < 1.29 is 14.3 Å². The number of likely N-dealkylation sites (tertiary alicyclic amines) is 1. The van der Waals surface area contributed by atoms with Crippen LogP contribution in [-0.4, -0.2) is 42.2 Å². The number of carbonyl (C=O) groups excluding carboxylic acids is 1. The van der Waals surface area contributed by atoms with Crippen LogP contribution in [0.25, 0.3) is 0 Å². The SMILES string of the molecule is O=C(CN1CCC(CO)C1)Nc1ccc(F)cc1. The molecular weight excluding hydrogens is 235 g/mol. The molecular formula is C13H17FN2O2. The van der Waals surface area contributed by atoms with Crippen molar-refractivity contribution in [3.63, 3.8) is 0 Å². The molecule has 5 heteroatoms. The fourth-order valence-corrected chi connectivity index (χ4v) is 2.14. The molecule has 2 rings (SSSR count). The Labute approximate surface area is 105 Å². The fourth-order valence-electron chi connectivity index (χ4n) is 2.14. The average molecular weight is 252 g/mol. The molecule has 0 spiro atoms. The van der Waals surface area contributed by atoms with Crippen molar-refractivity contribution >= 4 is 11.6 Å². The maximum absolute atomic E-state index is 12.7. The highest BCUT2D eigenvalue weighted by Gasteiger charge is 2.23. The quantitative estimate of drug-likeness (QED) is 0.843. The molecule has 0 aromatic heterocycles. The average Bonchev–Trinajstić information content (AvgIpc) is 2.79. The summed E-state index contributed by atoms with van der Waals surface area (Å²) in [5.41, 5.74) is 0.597. The summed E-state index contributed by atoms with van der Waals surface area (Å²) in [5, 5.41) is 11.7. The summed E-state index contributed by atoms with van der Waals surface area (Å²) >= 11 is 0. The highest BCUT2D eigenvalue weighted by Crippen LogP contribution is 2.15. The lowest BCUT2D eigenvalue weighted by Gasteiger charge is -2.15. The van der Waals surface area contributed by atoms with Gasteiger partial charge in [-0.05, 0) is 43.1 Å². The summed E-state index contributed by atoms with van der Waals surface area (Å²) in [6.07, 6.45) is 0.931. The van der Waals surface area contributed by atoms with Gasteiger partial charge in [0.05, 0.1) is 6.54 Å². The van der Waals surface area contributed by atoms with Crippen LogP contribution in [0.4, 0.5) is 10.1 Å². The smallest absolute Gasteiger partial charge is 0.238 e. The summed E-state index contributed by atoms with van der Waals surface area (Å²) in [7, 11) is 0. The lowest BCUT2D eigenvalue weighted by atomic mass is 10.1. The van der Waals surface area contributed by atoms with Crippen LogP contribution in [0.2, 0.25) is 0 Å². The lowest BCUT2D eigenvalue weighted by molar-refractivity contribution is -0.117. The van der Waals surface area contributed by atoms with Gasteiger partial charge < -0.3 is 10.4 Å². The fraction of sp³-hybridized carbons (Fsp3) is 0.462. The minimum Gasteiger partial charge on any atom is -0.396 e. The lowest BCUT2D eigenvalue weighted by Crippen LogP contribution is -2.31. The summed E-state index contributed by atoms with van der Waals surface area (Å²) < 4.78 is 12.7. The van der Waals surface area contributed by atoms with E-state index in [4.69, 9.17) is 5.11 Å². The molecule has 1 aromatic carbocycles. The Morgan fingerprint density at radius 1 is 1.44 bits per heavy atom. The van der Waals surface area contributed by atoms with E-state index in [0.29, 0.717) is 12.2 Å². The molecule has 98 valence electrons. The van der Waals surface area contributed by atoms with E-state index in [2.05, 4.69) is 5.32 Å². The van der Waals surface area contributed by atoms with Crippen LogP contribution >= 0.6 is 0 Å². The summed E-state index contributed by atoms with van der Waals surface area (Å²) in [6, 6.07) is 5.70. The van der Waals surface area contributed by atoms with Crippen LogP contribution in [0.15, 0.2) is 24.3 Å². The summed E-state index contributed by atoms with van der Waals surface area (Å²) in [4.78, 5) is 13.8. The summed E-state index contributed by atoms with van der Waals surface area (Å²) in [5.74, 6) is -0.151. The zero-order valence-corrected chi connectivity index (χ0v) is 10.1. The Hall–Kier alpha value is -1.46. The molecule has 1 unspecified atom stereocenters. The van der Waals surface area contributed by atoms with E-state index in [0.717, 1.165) is 19.5 Å². The molecule has 1 saturated heterocycles. The van der Waals surface area contributed by atoms with Gasteiger partial charge in [0.1, 0.15) is 5.82 Å². The van der Waals surface area contributed by atoms with Crippen molar-refractivity contribution in [2.45, 2.75) is 6.42 Å². The van der Waals surface area contributed by atoms with Crippen LogP contribution in [0.1, 0.15) is 6.42 Å². The van der Waals surface area contributed by atoms with Gasteiger partial charge in [0.2, 0.25) is 5.91 Å². The summed E-state index contributed by atoms with van der Waals surface area (Å²) in [6.45, 7) is 2.08. The molecule has 0 radical (unpaired) electrons. The normalized spacial score (nSPS) is 20.0. The van der Waals surface area contributed by atoms with Gasteiger partial charge in [-0.25, -0.2) is 4.39 Å². The number of aliphatic hydroxyl groups is 1. The van der Waals surface area contributed by atoms with E-state index >= 15 is 0 Å². The molecule has 1 amide bonds. The predicted octanol–water partition coefficient (Wildman–Crippen LogP) is 1.08. The number of nitrogens with zero attached hydrogens (tertiary/aromatic N) is 1. The van der Waals surface area contributed by atoms with Crippen molar-refractivity contribution in [1.82, 2.24) is 4.90 Å². The number of rotatable bonds is 4. The molecule has 18 heavy (non-hydrogen) atoms. The molecule has 1 aromatic rings. The zero-order chi connectivity index (χ0) is 13.0. The van der Waals surface area contributed by atoms with E-state index in [1.165, 1.54) is 24.3 Å². The van der Waals surface area contributed by atoms with Gasteiger partial charge >= 0.3 is 0 Å². The van der Waals surface area contributed by atoms with Crippen LogP contribution < -0.4 is 5.32 Å². The van der Waals surface area contributed by atoms with Gasteiger partial charge in [-0.15, -0.1) is 0 Å². The monoisotopic (exact) mass is 252 g/mol. The minimum absolute atomic E-state index is 0.111. The van der Waals surface area contributed by atoms with Gasteiger partial charge in [0.25, 0.3) is 0 Å². The first-order valence-corrected chi connectivity index (χ1v) is 6.06. The Kier molecular flexibility index (Phi) is 4.28. The number of hydrogen-bond acceptors (Lipinski definition) is 3. The first kappa shape index (κ1) is 13.0. The first-order chi connectivity index (χ1) is 8.67. The molecule has 2 N–H and O–H groups in total. The Bertz CT molecular complexity index is 408. The number of halogens is 1. The van der Waals surface area contributed by atoms with Crippen LogP contribution in [0, 0.1) is 11.7 Å². The van der Waals surface area contributed by atoms with Crippen molar-refractivity contribution in [2.24, 2.45) is 5.92 Å². The van der Waals surface area contributed by atoms with E-state index in [1.54, 1.807) is 0 Å². The van der Waals surface area contributed by atoms with E-state index < -0.39 is 0 Å². The minimum atomic E-state index is -0.321. The number of aliphatic hydroxyl groups excluding tert-OH is 1. The van der Waals surface area contributed by atoms with Crippen LogP contribution in [-0.2, 0) is 4.79 Å². The standard InChI is InChI=1S/C13H17FN2O2/c14-11-1-3-12(4-2-11)15-13(18)8-16-6-5-10(7-16)9-17/h1-4,10,17H,5-9H2,(H,15,18). The van der Waals surface area contributed by atoms with Crippen molar-refractivity contribution in [3.05, 3.63) is 30.1 Å². The second kappa shape index (κ2) is 5.93. The molecule has 0 bridgehead atoms. The zero-order valence-electron chi connectivity index (χ0n) is 10.1. The molecule has 1 aliphatic rings. The number of benzene rings is 1. The molecule has 0 aliphatic carbocycles. The van der Waals surface area contributed by atoms with E-state index in [1.807, 2.05) is 4.90 Å². The van der Waals surface area contributed by atoms with E-state index in [9.17, 15) is 9.18 Å². The maximum Gasteiger partial charge on any atom is 0.238 e. The topological polar surface area (TPSA) is 52.6 Å². The second-order valence-electron chi connectivity index (χ2n) is 4.63. The Morgan fingerprint density at radius 2 is 2.17 bits per heavy atom. The Morgan fingerprint density at radius 3 is 2.78 bits per heavy atom. The van der Waals surface area contributed by atoms with Gasteiger partial charge in [0, 0.05) is 18.8 Å². The highest BCUT2D eigenvalue weighted by atomic mass is 19.1. The van der Waals surface area contributed by atoms with Gasteiger partial charge in [-0.1, -0.05) is 0 Å². The number of carbonyl (C=O) groups is 1. The van der Waals surface area contributed by atoms with Gasteiger partial charge in [-0.2, -0.15) is 0 Å². The molecule has 1 aliphatic heterocycles. The van der Waals surface area contributed by atoms with E-state index in [-0.39, 0.29) is 24.2 Å². The number of nitrogens with one attached hydrogen (secondary N) is 1. The molecule has 1 atom stereocenters. The van der Waals surface area contributed by atoms with Crippen LogP contribution in [0.5, 0.6) is 0 Å². The van der Waals surface area contributed by atoms with Gasteiger partial charge in [0.15, 0.2) is 0 Å². The largest absolute Gasteiger partial charge is 0.396 e. The third kappa shape index (κ3) is 3.51. The molecule has 0 saturated carbocycles. The molecule has 1 heterocycles. The highest BCUT2D eigenvalue weighted by molar-refractivity contribution is 5.92. The number of hydrogen-bond donors (Lipinski definition) is 2. The molecule has 1 fully saturated rings. The third-order valence-corrected chi connectivity index (χ3v) is 3.12. The van der Waals surface area contributed by atoms with Gasteiger partial charge in [-0.3, -0.25) is 9.69 Å². The maximum atomic E-state index is 12.7. The van der Waals surface area contributed by atoms with Crippen molar-refractivity contribution in [1.29, 1.82) is 0 Å². The predicted molar refractivity (Wildman–Crippen MR) is 66.7 cm³/mol. The van der Waals surface area contributed by atoms with Crippen LogP contribution in [0.3, 0.4) is 0 Å². The van der Waals surface area contributed by atoms with Crippen molar-refractivity contribution in [2.75, 3.05) is 31.6 Å². The Balaban J connectivity index is 1.80. The first-order valence-electron chi connectivity index (χ1n) is 6.06. The van der Waals surface area contributed by atoms with Crippen molar-refractivity contribution in [3.8, 4) is 0 Å². The number of anilines is 1. The second-order valence-corrected chi connectivity index (χ2v) is 4.63. The third-order valence-electron chi connectivity index (χ3n) is 3.12.